The Morgan fingerprint density at radius 1 is 0.935 bits per heavy atom. The summed E-state index contributed by atoms with van der Waals surface area (Å²) in [6, 6.07) is 15.6. The Bertz CT molecular complexity index is 1290. The highest BCUT2D eigenvalue weighted by atomic mass is 35.5. The van der Waals surface area contributed by atoms with Crippen LogP contribution in [0.25, 0.3) is 33.0 Å². The van der Waals surface area contributed by atoms with Gasteiger partial charge in [-0.3, -0.25) is 9.97 Å². The molecule has 0 aliphatic heterocycles. The van der Waals surface area contributed by atoms with E-state index in [1.54, 1.807) is 18.3 Å². The minimum Gasteiger partial charge on any atom is -0.465 e. The lowest BCUT2D eigenvalue weighted by Gasteiger charge is -2.19. The number of halogens is 1. The van der Waals surface area contributed by atoms with Crippen molar-refractivity contribution in [3.8, 4) is 22.3 Å². The number of hydrogen-bond donors (Lipinski definition) is 0. The Balaban J connectivity index is 1.92. The van der Waals surface area contributed by atoms with E-state index in [0.29, 0.717) is 10.6 Å². The number of hydrogen-bond acceptors (Lipinski definition) is 4. The van der Waals surface area contributed by atoms with Crippen LogP contribution in [0.4, 0.5) is 0 Å². The minimum absolute atomic E-state index is 0.0513. The van der Waals surface area contributed by atoms with Crippen LogP contribution in [0.5, 0.6) is 0 Å². The highest BCUT2D eigenvalue weighted by Crippen LogP contribution is 2.38. The summed E-state index contributed by atoms with van der Waals surface area (Å²) in [5, 5.41) is 2.54. The highest BCUT2D eigenvalue weighted by Gasteiger charge is 2.17. The maximum atomic E-state index is 11.9. The molecule has 2 heterocycles. The van der Waals surface area contributed by atoms with Crippen LogP contribution in [-0.2, 0) is 10.2 Å². The number of pyridine rings is 2. The van der Waals surface area contributed by atoms with E-state index in [1.165, 1.54) is 7.11 Å². The lowest BCUT2D eigenvalue weighted by molar-refractivity contribution is 0.0600. The van der Waals surface area contributed by atoms with Crippen molar-refractivity contribution in [3.05, 3.63) is 83.4 Å². The number of rotatable bonds is 3. The van der Waals surface area contributed by atoms with Gasteiger partial charge in [-0.2, -0.15) is 0 Å². The fourth-order valence-electron chi connectivity index (χ4n) is 3.60. The van der Waals surface area contributed by atoms with Gasteiger partial charge in [0.2, 0.25) is 0 Å². The molecule has 0 bridgehead atoms. The zero-order valence-corrected chi connectivity index (χ0v) is 18.7. The molecule has 0 saturated carbocycles. The molecule has 5 heteroatoms. The molecule has 2 aromatic heterocycles. The largest absolute Gasteiger partial charge is 0.465 e. The molecule has 0 N–H and O–H groups in total. The van der Waals surface area contributed by atoms with Gasteiger partial charge in [0, 0.05) is 45.7 Å². The second kappa shape index (κ2) is 8.12. The molecular weight excluding hydrogens is 408 g/mol. The number of ether oxygens (including phenoxy) is 1. The fraction of sp³-hybridized carbons (Fsp3) is 0.192. The van der Waals surface area contributed by atoms with Crippen molar-refractivity contribution in [2.24, 2.45) is 0 Å². The summed E-state index contributed by atoms with van der Waals surface area (Å²) in [4.78, 5) is 20.7. The van der Waals surface area contributed by atoms with Gasteiger partial charge in [0.05, 0.1) is 12.7 Å². The molecule has 0 unspecified atom stereocenters. The number of nitrogens with zero attached hydrogens (tertiary/aromatic N) is 2. The molecular formula is C26H23ClN2O2. The Morgan fingerprint density at radius 2 is 1.74 bits per heavy atom. The van der Waals surface area contributed by atoms with Gasteiger partial charge in [0.25, 0.3) is 0 Å². The van der Waals surface area contributed by atoms with Gasteiger partial charge >= 0.3 is 5.97 Å². The number of fused-ring (bicyclic) bond motifs is 1. The third-order valence-corrected chi connectivity index (χ3v) is 5.61. The van der Waals surface area contributed by atoms with Gasteiger partial charge < -0.3 is 4.74 Å². The van der Waals surface area contributed by atoms with E-state index in [-0.39, 0.29) is 5.41 Å². The highest BCUT2D eigenvalue weighted by molar-refractivity contribution is 6.34. The molecule has 0 aliphatic rings. The molecule has 0 fully saturated rings. The lowest BCUT2D eigenvalue weighted by atomic mass is 9.89. The van der Waals surface area contributed by atoms with Crippen molar-refractivity contribution in [2.45, 2.75) is 26.2 Å². The maximum absolute atomic E-state index is 11.9. The van der Waals surface area contributed by atoms with E-state index in [1.807, 2.05) is 30.6 Å². The second-order valence-corrected chi connectivity index (χ2v) is 8.89. The van der Waals surface area contributed by atoms with E-state index >= 15 is 0 Å². The van der Waals surface area contributed by atoms with Gasteiger partial charge in [-0.1, -0.05) is 38.4 Å². The number of methoxy groups -OCH3 is 1. The van der Waals surface area contributed by atoms with Crippen molar-refractivity contribution < 1.29 is 9.53 Å². The van der Waals surface area contributed by atoms with Crippen LogP contribution >= 0.6 is 11.6 Å². The van der Waals surface area contributed by atoms with E-state index in [2.05, 4.69) is 48.9 Å². The van der Waals surface area contributed by atoms with Crippen molar-refractivity contribution in [3.63, 3.8) is 0 Å². The first kappa shape index (κ1) is 21.0. The molecule has 31 heavy (non-hydrogen) atoms. The standard InChI is InChI=1S/C26H23ClN2O2/c1-26(2,3)24-14-16(7-10-29-24)18-11-19-15-28-9-8-20(19)22(12-18)21-6-5-17(13-23(21)27)25(30)31-4/h5-15H,1-4H3. The predicted molar refractivity (Wildman–Crippen MR) is 125 cm³/mol. The smallest absolute Gasteiger partial charge is 0.337 e. The van der Waals surface area contributed by atoms with E-state index in [0.717, 1.165) is 38.7 Å². The maximum Gasteiger partial charge on any atom is 0.337 e. The van der Waals surface area contributed by atoms with Crippen molar-refractivity contribution >= 4 is 28.3 Å². The summed E-state index contributed by atoms with van der Waals surface area (Å²) >= 11 is 6.62. The zero-order valence-electron chi connectivity index (χ0n) is 17.9. The molecule has 4 aromatic rings. The Hall–Kier alpha value is -3.24. The van der Waals surface area contributed by atoms with Gasteiger partial charge in [0.1, 0.15) is 0 Å². The number of carbonyl (C=O) groups is 1. The minimum atomic E-state index is -0.414. The summed E-state index contributed by atoms with van der Waals surface area (Å²) in [7, 11) is 1.36. The second-order valence-electron chi connectivity index (χ2n) is 8.49. The fourth-order valence-corrected chi connectivity index (χ4v) is 3.88. The molecule has 0 amide bonds. The molecule has 0 atom stereocenters. The summed E-state index contributed by atoms with van der Waals surface area (Å²) in [6.45, 7) is 6.45. The molecule has 2 aromatic carbocycles. The average Bonchev–Trinajstić information content (AvgIpc) is 2.77. The van der Waals surface area contributed by atoms with Crippen molar-refractivity contribution in [1.82, 2.24) is 9.97 Å². The van der Waals surface area contributed by atoms with Crippen molar-refractivity contribution in [2.75, 3.05) is 7.11 Å². The predicted octanol–water partition coefficient (Wildman–Crippen LogP) is 6.70. The first-order valence-electron chi connectivity index (χ1n) is 10.0. The van der Waals surface area contributed by atoms with Crippen LogP contribution in [0.15, 0.2) is 67.1 Å². The van der Waals surface area contributed by atoms with E-state index < -0.39 is 5.97 Å². The monoisotopic (exact) mass is 430 g/mol. The third-order valence-electron chi connectivity index (χ3n) is 5.29. The summed E-state index contributed by atoms with van der Waals surface area (Å²) in [5.74, 6) is -0.414. The third kappa shape index (κ3) is 4.17. The quantitative estimate of drug-likeness (QED) is 0.339. The molecule has 156 valence electrons. The SMILES string of the molecule is COC(=O)c1ccc(-c2cc(-c3ccnc(C(C)(C)C)c3)cc3cnccc23)c(Cl)c1. The Labute approximate surface area is 186 Å². The van der Waals surface area contributed by atoms with Gasteiger partial charge in [-0.05, 0) is 64.5 Å². The first-order valence-corrected chi connectivity index (χ1v) is 10.4. The van der Waals surface area contributed by atoms with Gasteiger partial charge in [-0.15, -0.1) is 0 Å². The Kier molecular flexibility index (Phi) is 5.50. The van der Waals surface area contributed by atoms with Crippen LogP contribution in [-0.4, -0.2) is 23.0 Å². The number of benzene rings is 2. The zero-order chi connectivity index (χ0) is 22.2. The topological polar surface area (TPSA) is 52.1 Å². The molecule has 0 aliphatic carbocycles. The number of carbonyl (C=O) groups excluding carboxylic acids is 1. The van der Waals surface area contributed by atoms with Crippen LogP contribution in [0.2, 0.25) is 5.02 Å². The van der Waals surface area contributed by atoms with Crippen LogP contribution in [0, 0.1) is 0 Å². The Morgan fingerprint density at radius 3 is 2.45 bits per heavy atom. The first-order chi connectivity index (χ1) is 14.8. The van der Waals surface area contributed by atoms with Crippen LogP contribution < -0.4 is 0 Å². The summed E-state index contributed by atoms with van der Waals surface area (Å²) < 4.78 is 4.81. The molecule has 0 radical (unpaired) electrons. The van der Waals surface area contributed by atoms with Crippen LogP contribution in [0.1, 0.15) is 36.8 Å². The number of aromatic nitrogens is 2. The molecule has 0 saturated heterocycles. The van der Waals surface area contributed by atoms with Gasteiger partial charge in [0.15, 0.2) is 0 Å². The van der Waals surface area contributed by atoms with E-state index in [4.69, 9.17) is 16.3 Å². The normalized spacial score (nSPS) is 11.5. The number of esters is 1. The van der Waals surface area contributed by atoms with Crippen molar-refractivity contribution in [1.29, 1.82) is 0 Å². The molecule has 4 rings (SSSR count). The summed E-state index contributed by atoms with van der Waals surface area (Å²) in [5.41, 5.74) is 5.35. The molecule has 0 spiro atoms. The van der Waals surface area contributed by atoms with Gasteiger partial charge in [-0.25, -0.2) is 4.79 Å². The summed E-state index contributed by atoms with van der Waals surface area (Å²) in [6.07, 6.45) is 5.47. The average molecular weight is 431 g/mol. The lowest BCUT2D eigenvalue weighted by Crippen LogP contribution is -2.13. The molecule has 4 nitrogen and oxygen atoms in total. The van der Waals surface area contributed by atoms with E-state index in [9.17, 15) is 4.79 Å². The van der Waals surface area contributed by atoms with Crippen LogP contribution in [0.3, 0.4) is 0 Å².